The molecule has 1 aliphatic rings. The molecule has 0 spiro atoms. The molecule has 0 radical (unpaired) electrons. The van der Waals surface area contributed by atoms with Gasteiger partial charge in [0.2, 0.25) is 5.91 Å². The van der Waals surface area contributed by atoms with Gasteiger partial charge in [0.25, 0.3) is 0 Å². The maximum absolute atomic E-state index is 12.8. The Bertz CT molecular complexity index is 737. The highest BCUT2D eigenvalue weighted by atomic mass is 16.2. The van der Waals surface area contributed by atoms with Crippen LogP contribution in [0, 0.1) is 11.3 Å². The van der Waals surface area contributed by atoms with Gasteiger partial charge in [0, 0.05) is 0 Å². The van der Waals surface area contributed by atoms with Crippen molar-refractivity contribution in [2.24, 2.45) is 0 Å². The van der Waals surface area contributed by atoms with Gasteiger partial charge in [-0.3, -0.25) is 10.1 Å². The van der Waals surface area contributed by atoms with Crippen molar-refractivity contribution in [2.45, 2.75) is 56.7 Å². The van der Waals surface area contributed by atoms with Gasteiger partial charge in [0.15, 0.2) is 0 Å². The van der Waals surface area contributed by atoms with Gasteiger partial charge in [-0.1, -0.05) is 79.9 Å². The number of hydrogen-bond donors (Lipinski definition) is 2. The van der Waals surface area contributed by atoms with E-state index < -0.39 is 11.6 Å². The summed E-state index contributed by atoms with van der Waals surface area (Å²) < 4.78 is 0. The second-order valence-corrected chi connectivity index (χ2v) is 7.39. The summed E-state index contributed by atoms with van der Waals surface area (Å²) in [4.78, 5) is 12.8. The predicted molar refractivity (Wildman–Crippen MR) is 107 cm³/mol. The number of rotatable bonds is 6. The Morgan fingerprint density at radius 3 is 1.96 bits per heavy atom. The van der Waals surface area contributed by atoms with E-state index in [1.165, 1.54) is 0 Å². The van der Waals surface area contributed by atoms with Crippen LogP contribution in [-0.4, -0.2) is 17.5 Å². The third kappa shape index (κ3) is 4.75. The van der Waals surface area contributed by atoms with E-state index in [-0.39, 0.29) is 11.9 Å². The van der Waals surface area contributed by atoms with Crippen molar-refractivity contribution in [3.63, 3.8) is 0 Å². The van der Waals surface area contributed by atoms with Crippen molar-refractivity contribution < 1.29 is 4.79 Å². The molecule has 1 amide bonds. The first-order valence-corrected chi connectivity index (χ1v) is 9.73. The lowest BCUT2D eigenvalue weighted by molar-refractivity contribution is -0.124. The Kier molecular flexibility index (Phi) is 6.26. The van der Waals surface area contributed by atoms with Crippen molar-refractivity contribution in [3.05, 3.63) is 71.8 Å². The zero-order valence-corrected chi connectivity index (χ0v) is 15.8. The molecule has 1 fully saturated rings. The fourth-order valence-electron chi connectivity index (χ4n) is 3.77. The lowest BCUT2D eigenvalue weighted by Gasteiger charge is -2.33. The first-order chi connectivity index (χ1) is 13.1. The Balaban J connectivity index is 1.75. The Morgan fingerprint density at radius 2 is 1.48 bits per heavy atom. The number of carbonyl (C=O) groups excluding carboxylic acids is 1. The molecule has 27 heavy (non-hydrogen) atoms. The minimum absolute atomic E-state index is 0.0856. The Labute approximate surface area is 161 Å². The summed E-state index contributed by atoms with van der Waals surface area (Å²) in [5.41, 5.74) is 1.51. The maximum Gasteiger partial charge on any atom is 0.238 e. The number of nitrogens with zero attached hydrogens (tertiary/aromatic N) is 1. The number of amides is 1. The molecule has 0 aliphatic heterocycles. The second-order valence-electron chi connectivity index (χ2n) is 7.39. The molecule has 0 unspecified atom stereocenters. The Hall–Kier alpha value is -2.64. The first kappa shape index (κ1) is 19.1. The van der Waals surface area contributed by atoms with Crippen LogP contribution >= 0.6 is 0 Å². The molecule has 4 nitrogen and oxygen atoms in total. The van der Waals surface area contributed by atoms with Gasteiger partial charge in [-0.05, 0) is 30.9 Å². The van der Waals surface area contributed by atoms with Gasteiger partial charge in [0.1, 0.15) is 5.54 Å². The highest BCUT2D eigenvalue weighted by Crippen LogP contribution is 2.28. The van der Waals surface area contributed by atoms with Gasteiger partial charge in [0.05, 0.1) is 18.2 Å². The molecule has 0 aromatic heterocycles. The molecule has 1 saturated carbocycles. The topological polar surface area (TPSA) is 64.9 Å². The van der Waals surface area contributed by atoms with Gasteiger partial charge >= 0.3 is 0 Å². The second kappa shape index (κ2) is 8.83. The Morgan fingerprint density at radius 1 is 0.963 bits per heavy atom. The molecule has 0 bridgehead atoms. The normalized spacial score (nSPS) is 17.1. The van der Waals surface area contributed by atoms with Gasteiger partial charge in [-0.2, -0.15) is 5.26 Å². The smallest absolute Gasteiger partial charge is 0.238 e. The summed E-state index contributed by atoms with van der Waals surface area (Å²) in [5, 5.41) is 16.1. The molecule has 0 heterocycles. The number of hydrogen-bond acceptors (Lipinski definition) is 3. The summed E-state index contributed by atoms with van der Waals surface area (Å²) in [6.45, 7) is 1.86. The summed E-state index contributed by atoms with van der Waals surface area (Å²) in [5.74, 6) is -0.115. The molecule has 2 aromatic rings. The standard InChI is InChI=1S/C23H27N3O/c1-18(22(27)26-23(17-24)15-9-4-10-16-23)25-21(19-11-5-2-6-12-19)20-13-7-3-8-14-20/h2-3,5-8,11-14,18,21,25H,4,9-10,15-16H2,1H3,(H,26,27)/t18-/m1/s1. The highest BCUT2D eigenvalue weighted by molar-refractivity contribution is 5.82. The van der Waals surface area contributed by atoms with Crippen molar-refractivity contribution in [2.75, 3.05) is 0 Å². The van der Waals surface area contributed by atoms with E-state index in [4.69, 9.17) is 0 Å². The molecule has 3 rings (SSSR count). The van der Waals surface area contributed by atoms with Crippen LogP contribution in [0.15, 0.2) is 60.7 Å². The number of benzene rings is 2. The van der Waals surface area contributed by atoms with Crippen LogP contribution in [0.25, 0.3) is 0 Å². The minimum atomic E-state index is -0.708. The van der Waals surface area contributed by atoms with E-state index >= 15 is 0 Å². The molecule has 140 valence electrons. The van der Waals surface area contributed by atoms with E-state index in [0.717, 1.165) is 43.2 Å². The molecule has 4 heteroatoms. The van der Waals surface area contributed by atoms with E-state index in [1.807, 2.05) is 43.3 Å². The largest absolute Gasteiger partial charge is 0.336 e. The van der Waals surface area contributed by atoms with Gasteiger partial charge in [-0.15, -0.1) is 0 Å². The van der Waals surface area contributed by atoms with Crippen LogP contribution < -0.4 is 10.6 Å². The molecule has 2 N–H and O–H groups in total. The molecule has 0 saturated heterocycles. The quantitative estimate of drug-likeness (QED) is 0.814. The zero-order valence-electron chi connectivity index (χ0n) is 15.8. The maximum atomic E-state index is 12.8. The van der Waals surface area contributed by atoms with Crippen molar-refractivity contribution in [3.8, 4) is 6.07 Å². The third-order valence-electron chi connectivity index (χ3n) is 5.36. The SMILES string of the molecule is C[C@@H](NC(c1ccccc1)c1ccccc1)C(=O)NC1(C#N)CCCCC1. The van der Waals surface area contributed by atoms with Crippen LogP contribution in [0.4, 0.5) is 0 Å². The fraction of sp³-hybridized carbons (Fsp3) is 0.391. The average Bonchev–Trinajstić information content (AvgIpc) is 2.73. The van der Waals surface area contributed by atoms with Gasteiger partial charge < -0.3 is 5.32 Å². The van der Waals surface area contributed by atoms with Crippen molar-refractivity contribution >= 4 is 5.91 Å². The lowest BCUT2D eigenvalue weighted by atomic mass is 9.82. The van der Waals surface area contributed by atoms with Gasteiger partial charge in [-0.25, -0.2) is 0 Å². The van der Waals surface area contributed by atoms with E-state index in [0.29, 0.717) is 0 Å². The molecule has 1 aliphatic carbocycles. The van der Waals surface area contributed by atoms with Crippen molar-refractivity contribution in [1.82, 2.24) is 10.6 Å². The molecular formula is C23H27N3O. The van der Waals surface area contributed by atoms with Crippen LogP contribution in [0.5, 0.6) is 0 Å². The first-order valence-electron chi connectivity index (χ1n) is 9.73. The fourth-order valence-corrected chi connectivity index (χ4v) is 3.77. The lowest BCUT2D eigenvalue weighted by Crippen LogP contribution is -2.54. The average molecular weight is 361 g/mol. The summed E-state index contributed by atoms with van der Waals surface area (Å²) >= 11 is 0. The van der Waals surface area contributed by atoms with E-state index in [1.54, 1.807) is 0 Å². The van der Waals surface area contributed by atoms with Crippen molar-refractivity contribution in [1.29, 1.82) is 5.26 Å². The van der Waals surface area contributed by atoms with Crippen LogP contribution in [-0.2, 0) is 4.79 Å². The number of carbonyl (C=O) groups is 1. The summed E-state index contributed by atoms with van der Waals surface area (Å²) in [7, 11) is 0. The van der Waals surface area contributed by atoms with E-state index in [2.05, 4.69) is 41.0 Å². The predicted octanol–water partition coefficient (Wildman–Crippen LogP) is 4.10. The summed E-state index contributed by atoms with van der Waals surface area (Å²) in [6.07, 6.45) is 4.60. The highest BCUT2D eigenvalue weighted by Gasteiger charge is 2.35. The van der Waals surface area contributed by atoms with Crippen LogP contribution in [0.1, 0.15) is 56.2 Å². The molecular weight excluding hydrogens is 334 g/mol. The van der Waals surface area contributed by atoms with Crippen LogP contribution in [0.2, 0.25) is 0 Å². The minimum Gasteiger partial charge on any atom is -0.336 e. The number of nitrogens with one attached hydrogen (secondary N) is 2. The van der Waals surface area contributed by atoms with Crippen LogP contribution in [0.3, 0.4) is 0 Å². The van der Waals surface area contributed by atoms with E-state index in [9.17, 15) is 10.1 Å². The summed E-state index contributed by atoms with van der Waals surface area (Å²) in [6, 6.07) is 22.1. The monoisotopic (exact) mass is 361 g/mol. The third-order valence-corrected chi connectivity index (χ3v) is 5.36. The molecule has 2 aromatic carbocycles. The zero-order chi connectivity index (χ0) is 19.1. The number of nitriles is 1. The molecule has 1 atom stereocenters.